The smallest absolute Gasteiger partial charge is 0.319 e. The minimum Gasteiger partial charge on any atom is -0.328 e. The zero-order chi connectivity index (χ0) is 17.0. The second-order valence-electron chi connectivity index (χ2n) is 6.39. The molecule has 0 atom stereocenters. The first-order chi connectivity index (χ1) is 11.6. The van der Waals surface area contributed by atoms with Gasteiger partial charge in [0.1, 0.15) is 5.82 Å². The molecule has 3 rings (SSSR count). The third-order valence-corrected chi connectivity index (χ3v) is 4.85. The van der Waals surface area contributed by atoms with Crippen molar-refractivity contribution in [3.63, 3.8) is 0 Å². The number of hydrogen-bond donors (Lipinski definition) is 2. The van der Waals surface area contributed by atoms with E-state index in [9.17, 15) is 9.18 Å². The number of amides is 2. The molecule has 126 valence electrons. The highest BCUT2D eigenvalue weighted by Gasteiger charge is 2.37. The van der Waals surface area contributed by atoms with Gasteiger partial charge < -0.3 is 10.6 Å². The van der Waals surface area contributed by atoms with E-state index in [1.165, 1.54) is 12.1 Å². The van der Waals surface area contributed by atoms with Crippen molar-refractivity contribution in [1.29, 1.82) is 0 Å². The van der Waals surface area contributed by atoms with Crippen molar-refractivity contribution < 1.29 is 9.18 Å². The van der Waals surface area contributed by atoms with Gasteiger partial charge in [-0.1, -0.05) is 50.1 Å². The number of hydrogen-bond acceptors (Lipinski definition) is 1. The number of rotatable bonds is 4. The fourth-order valence-electron chi connectivity index (χ4n) is 3.55. The molecule has 4 heteroatoms. The fourth-order valence-corrected chi connectivity index (χ4v) is 3.55. The maximum absolute atomic E-state index is 13.2. The summed E-state index contributed by atoms with van der Waals surface area (Å²) in [5.74, 6) is -0.256. The molecule has 0 aromatic heterocycles. The van der Waals surface area contributed by atoms with Crippen molar-refractivity contribution >= 4 is 11.7 Å². The number of halogens is 1. The van der Waals surface area contributed by atoms with Crippen molar-refractivity contribution in [2.45, 2.75) is 44.6 Å². The number of anilines is 1. The van der Waals surface area contributed by atoms with Crippen LogP contribution in [0.3, 0.4) is 0 Å². The Hall–Kier alpha value is -2.36. The van der Waals surface area contributed by atoms with E-state index in [4.69, 9.17) is 0 Å². The van der Waals surface area contributed by atoms with Gasteiger partial charge in [0.25, 0.3) is 0 Å². The summed E-state index contributed by atoms with van der Waals surface area (Å²) in [5, 5.41) is 6.13. The van der Waals surface area contributed by atoms with Gasteiger partial charge in [0.2, 0.25) is 0 Å². The highest BCUT2D eigenvalue weighted by Crippen LogP contribution is 2.38. The Labute approximate surface area is 142 Å². The zero-order valence-electron chi connectivity index (χ0n) is 13.9. The molecular formula is C20H23FN2O. The number of nitrogens with one attached hydrogen (secondary N) is 2. The molecule has 3 nitrogen and oxygen atoms in total. The predicted octanol–water partition coefficient (Wildman–Crippen LogP) is 4.98. The molecule has 0 bridgehead atoms. The van der Waals surface area contributed by atoms with Crippen LogP contribution in [-0.2, 0) is 12.0 Å². The molecule has 2 amide bonds. The van der Waals surface area contributed by atoms with Crippen LogP contribution >= 0.6 is 0 Å². The third-order valence-electron chi connectivity index (χ3n) is 4.85. The molecule has 24 heavy (non-hydrogen) atoms. The van der Waals surface area contributed by atoms with Crippen LogP contribution in [0.5, 0.6) is 0 Å². The molecule has 0 radical (unpaired) electrons. The highest BCUT2D eigenvalue weighted by molar-refractivity contribution is 5.90. The fraction of sp³-hybridized carbons (Fsp3) is 0.350. The zero-order valence-corrected chi connectivity index (χ0v) is 13.9. The molecule has 2 aromatic rings. The van der Waals surface area contributed by atoms with Crippen LogP contribution in [-0.4, -0.2) is 6.03 Å². The summed E-state index contributed by atoms with van der Waals surface area (Å²) < 4.78 is 13.2. The summed E-state index contributed by atoms with van der Waals surface area (Å²) >= 11 is 0. The first kappa shape index (κ1) is 16.5. The van der Waals surface area contributed by atoms with E-state index in [0.717, 1.165) is 48.9 Å². The normalized spacial score (nSPS) is 15.9. The lowest BCUT2D eigenvalue weighted by Gasteiger charge is -2.31. The van der Waals surface area contributed by atoms with E-state index in [2.05, 4.69) is 17.6 Å². The van der Waals surface area contributed by atoms with Gasteiger partial charge in [0.05, 0.1) is 5.54 Å². The van der Waals surface area contributed by atoms with E-state index in [1.54, 1.807) is 12.1 Å². The largest absolute Gasteiger partial charge is 0.328 e. The Bertz CT molecular complexity index is 706. The molecule has 1 aliphatic carbocycles. The second kappa shape index (κ2) is 7.04. The Morgan fingerprint density at radius 1 is 1.08 bits per heavy atom. The Morgan fingerprint density at radius 3 is 2.42 bits per heavy atom. The van der Waals surface area contributed by atoms with Crippen molar-refractivity contribution in [3.05, 3.63) is 65.5 Å². The van der Waals surface area contributed by atoms with Crippen LogP contribution in [0.2, 0.25) is 0 Å². The average Bonchev–Trinajstić information content (AvgIpc) is 3.05. The number of urea groups is 1. The minimum absolute atomic E-state index is 0.206. The van der Waals surface area contributed by atoms with Crippen LogP contribution in [0, 0.1) is 5.82 Å². The molecule has 1 fully saturated rings. The predicted molar refractivity (Wildman–Crippen MR) is 94.5 cm³/mol. The summed E-state index contributed by atoms with van der Waals surface area (Å²) in [6.45, 7) is 2.06. The van der Waals surface area contributed by atoms with Gasteiger partial charge in [-0.25, -0.2) is 9.18 Å². The van der Waals surface area contributed by atoms with Gasteiger partial charge >= 0.3 is 6.03 Å². The van der Waals surface area contributed by atoms with Crippen molar-refractivity contribution in [3.8, 4) is 0 Å². The summed E-state index contributed by atoms with van der Waals surface area (Å²) in [4.78, 5) is 12.6. The quantitative estimate of drug-likeness (QED) is 0.817. The number of para-hydroxylation sites is 1. The summed E-state index contributed by atoms with van der Waals surface area (Å²) in [6.07, 6.45) is 4.73. The molecule has 0 spiro atoms. The first-order valence-electron chi connectivity index (χ1n) is 8.56. The molecule has 1 saturated carbocycles. The molecule has 0 unspecified atom stereocenters. The number of benzene rings is 2. The van der Waals surface area contributed by atoms with Crippen LogP contribution in [0.25, 0.3) is 0 Å². The summed E-state index contributed by atoms with van der Waals surface area (Å²) in [5.41, 5.74) is 2.51. The Kier molecular flexibility index (Phi) is 4.84. The molecule has 1 aliphatic rings. The average molecular weight is 326 g/mol. The lowest BCUT2D eigenvalue weighted by molar-refractivity contribution is 0.236. The number of carbonyl (C=O) groups is 1. The SMILES string of the molecule is CCc1ccccc1NC(=O)NC1(c2ccc(F)cc2)CCCC1. The lowest BCUT2D eigenvalue weighted by atomic mass is 9.88. The van der Waals surface area contributed by atoms with Crippen LogP contribution in [0.15, 0.2) is 48.5 Å². The van der Waals surface area contributed by atoms with Gasteiger partial charge in [0.15, 0.2) is 0 Å². The standard InChI is InChI=1S/C20H23FN2O/c1-2-15-7-3-4-8-18(15)22-19(24)23-20(13-5-6-14-20)16-9-11-17(21)12-10-16/h3-4,7-12H,2,5-6,13-14H2,1H3,(H2,22,23,24). The molecule has 0 heterocycles. The van der Waals surface area contributed by atoms with Crippen molar-refractivity contribution in [1.82, 2.24) is 5.32 Å². The van der Waals surface area contributed by atoms with E-state index in [0.29, 0.717) is 0 Å². The molecule has 0 saturated heterocycles. The molecule has 2 N–H and O–H groups in total. The van der Waals surface area contributed by atoms with Gasteiger partial charge in [-0.2, -0.15) is 0 Å². The van der Waals surface area contributed by atoms with Crippen molar-refractivity contribution in [2.24, 2.45) is 0 Å². The van der Waals surface area contributed by atoms with Crippen LogP contribution in [0.4, 0.5) is 14.9 Å². The third kappa shape index (κ3) is 3.42. The molecular weight excluding hydrogens is 303 g/mol. The van der Waals surface area contributed by atoms with Crippen molar-refractivity contribution in [2.75, 3.05) is 5.32 Å². The Morgan fingerprint density at radius 2 is 1.75 bits per heavy atom. The molecule has 2 aromatic carbocycles. The van der Waals surface area contributed by atoms with E-state index in [1.807, 2.05) is 24.3 Å². The van der Waals surface area contributed by atoms with Gasteiger partial charge in [0, 0.05) is 5.69 Å². The number of aryl methyl sites for hydroxylation is 1. The first-order valence-corrected chi connectivity index (χ1v) is 8.56. The van der Waals surface area contributed by atoms with Gasteiger partial charge in [-0.3, -0.25) is 0 Å². The maximum atomic E-state index is 13.2. The minimum atomic E-state index is -0.404. The number of carbonyl (C=O) groups excluding carboxylic acids is 1. The topological polar surface area (TPSA) is 41.1 Å². The van der Waals surface area contributed by atoms with E-state index >= 15 is 0 Å². The van der Waals surface area contributed by atoms with E-state index in [-0.39, 0.29) is 11.8 Å². The highest BCUT2D eigenvalue weighted by atomic mass is 19.1. The Balaban J connectivity index is 1.78. The monoisotopic (exact) mass is 326 g/mol. The maximum Gasteiger partial charge on any atom is 0.319 e. The van der Waals surface area contributed by atoms with E-state index < -0.39 is 5.54 Å². The summed E-state index contributed by atoms with van der Waals surface area (Å²) in [6, 6.07) is 14.1. The molecule has 0 aliphatic heterocycles. The van der Waals surface area contributed by atoms with Crippen LogP contribution < -0.4 is 10.6 Å². The van der Waals surface area contributed by atoms with Crippen LogP contribution in [0.1, 0.15) is 43.7 Å². The lowest BCUT2D eigenvalue weighted by Crippen LogP contribution is -2.45. The van der Waals surface area contributed by atoms with Gasteiger partial charge in [-0.05, 0) is 48.6 Å². The second-order valence-corrected chi connectivity index (χ2v) is 6.39. The summed E-state index contributed by atoms with van der Waals surface area (Å²) in [7, 11) is 0. The van der Waals surface area contributed by atoms with Gasteiger partial charge in [-0.15, -0.1) is 0 Å².